The van der Waals surface area contributed by atoms with E-state index in [0.717, 1.165) is 4.47 Å². The first-order valence-corrected chi connectivity index (χ1v) is 7.02. The normalized spacial score (nSPS) is 13.5. The van der Waals surface area contributed by atoms with Crippen molar-refractivity contribution >= 4 is 33.5 Å². The highest BCUT2D eigenvalue weighted by Crippen LogP contribution is 2.35. The minimum atomic E-state index is -1.08. The molecule has 0 atom stereocenters. The molecule has 0 spiro atoms. The van der Waals surface area contributed by atoms with Gasteiger partial charge in [0, 0.05) is 10.7 Å². The molecule has 1 aromatic carbocycles. The summed E-state index contributed by atoms with van der Waals surface area (Å²) in [5.74, 6) is -1.08. The smallest absolute Gasteiger partial charge is 0.339 e. The topological polar surface area (TPSA) is 82.6 Å². The molecule has 1 aromatic heterocycles. The molecule has 0 bridgehead atoms. The number of halogens is 1. The van der Waals surface area contributed by atoms with Gasteiger partial charge in [-0.15, -0.1) is 0 Å². The monoisotopic (exact) mass is 350 g/mol. The molecule has 0 unspecified atom stereocenters. The molecule has 108 valence electrons. The second-order valence-corrected chi connectivity index (χ2v) is 5.41. The van der Waals surface area contributed by atoms with Crippen molar-refractivity contribution in [2.24, 2.45) is 0 Å². The number of fused-ring (bicyclic) bond motifs is 1. The predicted octanol–water partition coefficient (Wildman–Crippen LogP) is 2.51. The molecule has 3 rings (SSSR count). The molecule has 2 N–H and O–H groups in total. The van der Waals surface area contributed by atoms with Crippen LogP contribution in [0.2, 0.25) is 0 Å². The summed E-state index contributed by atoms with van der Waals surface area (Å²) in [6.07, 6.45) is 1.67. The number of carboxylic acid groups (broad SMARTS) is 1. The largest absolute Gasteiger partial charge is 0.489 e. The van der Waals surface area contributed by atoms with Crippen LogP contribution >= 0.6 is 15.9 Å². The molecular formula is C14H11BrN2O4. The molecule has 21 heavy (non-hydrogen) atoms. The van der Waals surface area contributed by atoms with Gasteiger partial charge in [0.15, 0.2) is 5.75 Å². The van der Waals surface area contributed by atoms with Crippen molar-refractivity contribution in [3.63, 3.8) is 0 Å². The number of aromatic nitrogens is 1. The van der Waals surface area contributed by atoms with Crippen molar-refractivity contribution in [3.8, 4) is 5.75 Å². The molecule has 0 radical (unpaired) electrons. The van der Waals surface area contributed by atoms with Crippen LogP contribution in [-0.2, 0) is 0 Å². The number of hydrogen-bond donors (Lipinski definition) is 2. The Hall–Kier alpha value is -2.28. The van der Waals surface area contributed by atoms with Crippen molar-refractivity contribution < 1.29 is 19.4 Å². The van der Waals surface area contributed by atoms with E-state index in [-0.39, 0.29) is 23.8 Å². The highest BCUT2D eigenvalue weighted by atomic mass is 79.9. The van der Waals surface area contributed by atoms with Gasteiger partial charge in [-0.3, -0.25) is 4.79 Å². The Kier molecular flexibility index (Phi) is 3.42. The van der Waals surface area contributed by atoms with Crippen LogP contribution in [0.1, 0.15) is 20.8 Å². The molecule has 2 heterocycles. The first kappa shape index (κ1) is 13.7. The highest BCUT2D eigenvalue weighted by Gasteiger charge is 2.28. The van der Waals surface area contributed by atoms with Gasteiger partial charge in [0.05, 0.1) is 12.2 Å². The van der Waals surface area contributed by atoms with Crippen LogP contribution in [0, 0.1) is 0 Å². The quantitative estimate of drug-likeness (QED) is 0.871. The van der Waals surface area contributed by atoms with Crippen LogP contribution in [0.4, 0.5) is 5.69 Å². The van der Waals surface area contributed by atoms with Gasteiger partial charge < -0.3 is 19.7 Å². The summed E-state index contributed by atoms with van der Waals surface area (Å²) in [6, 6.07) is 6.41. The molecule has 0 aliphatic carbocycles. The van der Waals surface area contributed by atoms with Gasteiger partial charge in [0.25, 0.3) is 5.91 Å². The first-order valence-electron chi connectivity index (χ1n) is 6.23. The summed E-state index contributed by atoms with van der Waals surface area (Å²) in [7, 11) is 0. The van der Waals surface area contributed by atoms with E-state index in [1.165, 1.54) is 11.0 Å². The van der Waals surface area contributed by atoms with E-state index >= 15 is 0 Å². The number of carbonyl (C=O) groups excluding carboxylic acids is 1. The fourth-order valence-corrected chi connectivity index (χ4v) is 2.61. The molecule has 1 aliphatic rings. The fraction of sp³-hybridized carbons (Fsp3) is 0.143. The lowest BCUT2D eigenvalue weighted by Gasteiger charge is -2.30. The van der Waals surface area contributed by atoms with Crippen LogP contribution in [0.25, 0.3) is 0 Å². The van der Waals surface area contributed by atoms with Crippen LogP contribution in [0.5, 0.6) is 5.75 Å². The zero-order valence-electron chi connectivity index (χ0n) is 10.8. The standard InChI is InChI=1S/C14H11BrN2O4/c15-8-6-10(16-7-8)13(18)17-4-5-21-12-9(14(19)20)2-1-3-11(12)17/h1-3,6-7,16H,4-5H2,(H,19,20). The third-order valence-electron chi connectivity index (χ3n) is 3.20. The second kappa shape index (κ2) is 5.25. The van der Waals surface area contributed by atoms with Gasteiger partial charge >= 0.3 is 5.97 Å². The highest BCUT2D eigenvalue weighted by molar-refractivity contribution is 9.10. The van der Waals surface area contributed by atoms with Crippen molar-refractivity contribution in [2.75, 3.05) is 18.1 Å². The van der Waals surface area contributed by atoms with Crippen LogP contribution in [-0.4, -0.2) is 35.1 Å². The summed E-state index contributed by atoms with van der Waals surface area (Å²) in [5.41, 5.74) is 0.949. The number of ether oxygens (including phenoxy) is 1. The Morgan fingerprint density at radius 1 is 1.38 bits per heavy atom. The number of nitrogens with one attached hydrogen (secondary N) is 1. The third kappa shape index (κ3) is 2.40. The lowest BCUT2D eigenvalue weighted by Crippen LogP contribution is -2.38. The number of amides is 1. The molecule has 1 amide bonds. The maximum Gasteiger partial charge on any atom is 0.339 e. The number of carbonyl (C=O) groups is 2. The number of hydrogen-bond acceptors (Lipinski definition) is 3. The van der Waals surface area contributed by atoms with E-state index in [9.17, 15) is 14.7 Å². The number of H-pyrrole nitrogens is 1. The van der Waals surface area contributed by atoms with E-state index in [1.807, 2.05) is 0 Å². The molecular weight excluding hydrogens is 340 g/mol. The fourth-order valence-electron chi connectivity index (χ4n) is 2.26. The molecule has 1 aliphatic heterocycles. The number of rotatable bonds is 2. The molecule has 0 saturated carbocycles. The van der Waals surface area contributed by atoms with E-state index in [0.29, 0.717) is 17.9 Å². The number of nitrogens with zero attached hydrogens (tertiary/aromatic N) is 1. The minimum Gasteiger partial charge on any atom is -0.489 e. The van der Waals surface area contributed by atoms with Crippen molar-refractivity contribution in [1.82, 2.24) is 4.98 Å². The Bertz CT molecular complexity index is 726. The van der Waals surface area contributed by atoms with Crippen molar-refractivity contribution in [2.45, 2.75) is 0 Å². The number of anilines is 1. The van der Waals surface area contributed by atoms with Gasteiger partial charge in [-0.25, -0.2) is 4.79 Å². The van der Waals surface area contributed by atoms with Crippen molar-refractivity contribution in [1.29, 1.82) is 0 Å². The zero-order chi connectivity index (χ0) is 15.0. The lowest BCUT2D eigenvalue weighted by atomic mass is 10.1. The van der Waals surface area contributed by atoms with Gasteiger partial charge in [-0.2, -0.15) is 0 Å². The van der Waals surface area contributed by atoms with E-state index in [2.05, 4.69) is 20.9 Å². The predicted molar refractivity (Wildman–Crippen MR) is 79.1 cm³/mol. The molecule has 0 fully saturated rings. The lowest BCUT2D eigenvalue weighted by molar-refractivity contribution is 0.0690. The average molecular weight is 351 g/mol. The minimum absolute atomic E-state index is 0.0534. The molecule has 7 heteroatoms. The van der Waals surface area contributed by atoms with E-state index in [1.54, 1.807) is 24.4 Å². The number of para-hydroxylation sites is 1. The first-order chi connectivity index (χ1) is 10.1. The third-order valence-corrected chi connectivity index (χ3v) is 3.66. The summed E-state index contributed by atoms with van der Waals surface area (Å²) in [6.45, 7) is 0.621. The number of carboxylic acids is 1. The summed E-state index contributed by atoms with van der Waals surface area (Å²) in [4.78, 5) is 28.1. The SMILES string of the molecule is O=C(O)c1cccc2c1OCCN2C(=O)c1cc(Br)c[nH]1. The molecule has 0 saturated heterocycles. The Balaban J connectivity index is 2.03. The van der Waals surface area contributed by atoms with Gasteiger partial charge in [0.2, 0.25) is 0 Å². The number of aromatic amines is 1. The van der Waals surface area contributed by atoms with Gasteiger partial charge in [0.1, 0.15) is 17.9 Å². The Morgan fingerprint density at radius 2 is 2.19 bits per heavy atom. The van der Waals surface area contributed by atoms with Crippen LogP contribution in [0.15, 0.2) is 34.9 Å². The maximum absolute atomic E-state index is 12.5. The van der Waals surface area contributed by atoms with E-state index in [4.69, 9.17) is 4.74 Å². The Morgan fingerprint density at radius 3 is 2.86 bits per heavy atom. The zero-order valence-corrected chi connectivity index (χ0v) is 12.4. The molecule has 6 nitrogen and oxygen atoms in total. The average Bonchev–Trinajstić information content (AvgIpc) is 2.91. The summed E-state index contributed by atoms with van der Waals surface area (Å²) in [5, 5.41) is 9.19. The van der Waals surface area contributed by atoms with Gasteiger partial charge in [-0.1, -0.05) is 6.07 Å². The Labute approximate surface area is 128 Å². The number of benzene rings is 1. The van der Waals surface area contributed by atoms with Crippen LogP contribution in [0.3, 0.4) is 0 Å². The van der Waals surface area contributed by atoms with E-state index < -0.39 is 5.97 Å². The van der Waals surface area contributed by atoms with Crippen LogP contribution < -0.4 is 9.64 Å². The van der Waals surface area contributed by atoms with Gasteiger partial charge in [-0.05, 0) is 34.1 Å². The summed E-state index contributed by atoms with van der Waals surface area (Å²) < 4.78 is 6.22. The second-order valence-electron chi connectivity index (χ2n) is 4.50. The summed E-state index contributed by atoms with van der Waals surface area (Å²) >= 11 is 3.28. The number of aromatic carboxylic acids is 1. The van der Waals surface area contributed by atoms with Crippen molar-refractivity contribution in [3.05, 3.63) is 46.2 Å². The maximum atomic E-state index is 12.5. The molecule has 2 aromatic rings.